The van der Waals surface area contributed by atoms with Crippen molar-refractivity contribution in [2.45, 2.75) is 26.3 Å². The number of piperidine rings is 1. The van der Waals surface area contributed by atoms with Gasteiger partial charge < -0.3 is 9.80 Å². The second-order valence-electron chi connectivity index (χ2n) is 6.88. The van der Waals surface area contributed by atoms with E-state index in [-0.39, 0.29) is 17.7 Å². The number of aryl methyl sites for hydroxylation is 1. The molecule has 6 heteroatoms. The highest BCUT2D eigenvalue weighted by Gasteiger charge is 2.30. The Hall–Kier alpha value is -1.66. The lowest BCUT2D eigenvalue weighted by Crippen LogP contribution is -2.45. The van der Waals surface area contributed by atoms with Crippen LogP contribution in [0.2, 0.25) is 0 Å². The normalized spacial score (nSPS) is 17.2. The highest BCUT2D eigenvalue weighted by Crippen LogP contribution is 2.24. The second-order valence-corrected chi connectivity index (χ2v) is 8.79. The molecule has 1 fully saturated rings. The van der Waals surface area contributed by atoms with Crippen LogP contribution in [0.4, 0.5) is 0 Å². The van der Waals surface area contributed by atoms with E-state index in [0.29, 0.717) is 18.7 Å². The predicted octanol–water partition coefficient (Wildman–Crippen LogP) is 4.33. The van der Waals surface area contributed by atoms with Crippen LogP contribution in [0.3, 0.4) is 0 Å². The van der Waals surface area contributed by atoms with Crippen molar-refractivity contribution in [3.63, 3.8) is 0 Å². The minimum absolute atomic E-state index is 0.0207. The molecule has 0 aliphatic carbocycles. The van der Waals surface area contributed by atoms with E-state index in [1.54, 1.807) is 16.2 Å². The third kappa shape index (κ3) is 4.54. The molecule has 1 aliphatic heterocycles. The van der Waals surface area contributed by atoms with Crippen molar-refractivity contribution in [3.8, 4) is 0 Å². The molecule has 1 aromatic heterocycles. The van der Waals surface area contributed by atoms with Crippen molar-refractivity contribution in [2.75, 3.05) is 20.1 Å². The fourth-order valence-electron chi connectivity index (χ4n) is 3.30. The van der Waals surface area contributed by atoms with Crippen LogP contribution in [0.1, 0.15) is 33.6 Å². The summed E-state index contributed by atoms with van der Waals surface area (Å²) in [6.45, 7) is 3.84. The number of nitrogens with zero attached hydrogens (tertiary/aromatic N) is 2. The molecular weight excluding hydrogens is 412 g/mol. The molecule has 26 heavy (non-hydrogen) atoms. The Balaban J connectivity index is 1.62. The first-order valence-electron chi connectivity index (χ1n) is 8.78. The zero-order valence-electron chi connectivity index (χ0n) is 15.1. The second kappa shape index (κ2) is 8.35. The van der Waals surface area contributed by atoms with E-state index >= 15 is 0 Å². The SMILES string of the molecule is Cc1ccc(C(=O)N2CCCC(C(=O)N(C)Cc3cc(Br)cs3)C2)cc1. The van der Waals surface area contributed by atoms with Crippen molar-refractivity contribution in [1.82, 2.24) is 9.80 Å². The van der Waals surface area contributed by atoms with Crippen molar-refractivity contribution in [2.24, 2.45) is 5.92 Å². The van der Waals surface area contributed by atoms with Crippen LogP contribution in [0.25, 0.3) is 0 Å². The number of thiophene rings is 1. The van der Waals surface area contributed by atoms with Gasteiger partial charge in [-0.05, 0) is 53.9 Å². The Morgan fingerprint density at radius 1 is 1.31 bits per heavy atom. The van der Waals surface area contributed by atoms with Gasteiger partial charge in [0.25, 0.3) is 5.91 Å². The summed E-state index contributed by atoms with van der Waals surface area (Å²) >= 11 is 5.09. The summed E-state index contributed by atoms with van der Waals surface area (Å²) < 4.78 is 1.05. The first-order chi connectivity index (χ1) is 12.4. The maximum Gasteiger partial charge on any atom is 0.253 e. The molecule has 0 saturated carbocycles. The summed E-state index contributed by atoms with van der Waals surface area (Å²) in [6.07, 6.45) is 1.71. The van der Waals surface area contributed by atoms with E-state index in [2.05, 4.69) is 15.9 Å². The van der Waals surface area contributed by atoms with E-state index in [0.717, 1.165) is 34.3 Å². The van der Waals surface area contributed by atoms with E-state index in [1.807, 2.05) is 54.6 Å². The van der Waals surface area contributed by atoms with Gasteiger partial charge in [-0.3, -0.25) is 9.59 Å². The van der Waals surface area contributed by atoms with Gasteiger partial charge in [0.05, 0.1) is 12.5 Å². The highest BCUT2D eigenvalue weighted by molar-refractivity contribution is 9.10. The van der Waals surface area contributed by atoms with Crippen LogP contribution < -0.4 is 0 Å². The number of carbonyl (C=O) groups excluding carboxylic acids is 2. The average molecular weight is 435 g/mol. The van der Waals surface area contributed by atoms with Gasteiger partial charge in [0.15, 0.2) is 0 Å². The molecule has 0 radical (unpaired) electrons. The van der Waals surface area contributed by atoms with Crippen LogP contribution >= 0.6 is 27.3 Å². The Labute approximate surface area is 166 Å². The number of benzene rings is 1. The fourth-order valence-corrected chi connectivity index (χ4v) is 4.81. The summed E-state index contributed by atoms with van der Waals surface area (Å²) in [7, 11) is 1.84. The summed E-state index contributed by atoms with van der Waals surface area (Å²) in [5.74, 6) is 0.0230. The maximum atomic E-state index is 12.8. The molecule has 138 valence electrons. The fraction of sp³-hybridized carbons (Fsp3) is 0.400. The van der Waals surface area contributed by atoms with Gasteiger partial charge >= 0.3 is 0 Å². The summed E-state index contributed by atoms with van der Waals surface area (Å²) in [5, 5.41) is 2.02. The third-order valence-corrected chi connectivity index (χ3v) is 6.43. The molecule has 2 amide bonds. The van der Waals surface area contributed by atoms with Gasteiger partial charge in [-0.1, -0.05) is 17.7 Å². The smallest absolute Gasteiger partial charge is 0.253 e. The van der Waals surface area contributed by atoms with E-state index in [9.17, 15) is 9.59 Å². The highest BCUT2D eigenvalue weighted by atomic mass is 79.9. The van der Waals surface area contributed by atoms with Gasteiger partial charge in [-0.2, -0.15) is 0 Å². The minimum Gasteiger partial charge on any atom is -0.340 e. The number of hydrogen-bond acceptors (Lipinski definition) is 3. The van der Waals surface area contributed by atoms with Gasteiger partial charge in [0.1, 0.15) is 0 Å². The first kappa shape index (κ1) is 19.1. The molecule has 0 spiro atoms. The van der Waals surface area contributed by atoms with Crippen LogP contribution in [0.15, 0.2) is 40.2 Å². The molecule has 4 nitrogen and oxygen atoms in total. The molecular formula is C20H23BrN2O2S. The lowest BCUT2D eigenvalue weighted by molar-refractivity contribution is -0.136. The Morgan fingerprint density at radius 3 is 2.69 bits per heavy atom. The topological polar surface area (TPSA) is 40.6 Å². The van der Waals surface area contributed by atoms with Crippen LogP contribution in [-0.4, -0.2) is 41.8 Å². The van der Waals surface area contributed by atoms with Gasteiger partial charge in [0.2, 0.25) is 5.91 Å². The molecule has 2 aromatic rings. The first-order valence-corrected chi connectivity index (χ1v) is 10.4. The molecule has 1 aromatic carbocycles. The molecule has 1 atom stereocenters. The van der Waals surface area contributed by atoms with Crippen molar-refractivity contribution in [1.29, 1.82) is 0 Å². The number of rotatable bonds is 4. The quantitative estimate of drug-likeness (QED) is 0.718. The van der Waals surface area contributed by atoms with Crippen LogP contribution in [-0.2, 0) is 11.3 Å². The average Bonchev–Trinajstić information content (AvgIpc) is 3.06. The lowest BCUT2D eigenvalue weighted by atomic mass is 9.96. The zero-order chi connectivity index (χ0) is 18.7. The van der Waals surface area contributed by atoms with E-state index < -0.39 is 0 Å². The third-order valence-electron chi connectivity index (χ3n) is 4.75. The standard InChI is InChI=1S/C20H23BrN2O2S/c1-14-5-7-15(8-6-14)20(25)23-9-3-4-16(11-23)19(24)22(2)12-18-10-17(21)13-26-18/h5-8,10,13,16H,3-4,9,11-12H2,1-2H3. The molecule has 1 saturated heterocycles. The monoisotopic (exact) mass is 434 g/mol. The van der Waals surface area contributed by atoms with Crippen molar-refractivity contribution < 1.29 is 9.59 Å². The summed E-state index contributed by atoms with van der Waals surface area (Å²) in [6, 6.07) is 9.68. The van der Waals surface area contributed by atoms with Crippen molar-refractivity contribution in [3.05, 3.63) is 56.2 Å². The van der Waals surface area contributed by atoms with Crippen LogP contribution in [0, 0.1) is 12.8 Å². The van der Waals surface area contributed by atoms with E-state index in [1.165, 1.54) is 0 Å². The minimum atomic E-state index is -0.119. The van der Waals surface area contributed by atoms with Gasteiger partial charge in [-0.25, -0.2) is 0 Å². The Morgan fingerprint density at radius 2 is 2.04 bits per heavy atom. The molecule has 0 N–H and O–H groups in total. The van der Waals surface area contributed by atoms with Gasteiger partial charge in [0, 0.05) is 40.4 Å². The number of hydrogen-bond donors (Lipinski definition) is 0. The Kier molecular flexibility index (Phi) is 6.14. The predicted molar refractivity (Wildman–Crippen MR) is 108 cm³/mol. The number of carbonyl (C=O) groups is 2. The van der Waals surface area contributed by atoms with Crippen molar-refractivity contribution >= 4 is 39.1 Å². The number of likely N-dealkylation sites (tertiary alicyclic amines) is 1. The zero-order valence-corrected chi connectivity index (χ0v) is 17.5. The molecule has 2 heterocycles. The molecule has 1 unspecified atom stereocenters. The Bertz CT molecular complexity index is 787. The summed E-state index contributed by atoms with van der Waals surface area (Å²) in [4.78, 5) is 30.3. The number of amides is 2. The van der Waals surface area contributed by atoms with E-state index in [4.69, 9.17) is 0 Å². The molecule has 0 bridgehead atoms. The molecule has 3 rings (SSSR count). The maximum absolute atomic E-state index is 12.8. The lowest BCUT2D eigenvalue weighted by Gasteiger charge is -2.34. The van der Waals surface area contributed by atoms with Crippen LogP contribution in [0.5, 0.6) is 0 Å². The summed E-state index contributed by atoms with van der Waals surface area (Å²) in [5.41, 5.74) is 1.83. The van der Waals surface area contributed by atoms with Gasteiger partial charge in [-0.15, -0.1) is 11.3 Å². The largest absolute Gasteiger partial charge is 0.340 e. The number of halogens is 1. The molecule has 1 aliphatic rings.